The summed E-state index contributed by atoms with van der Waals surface area (Å²) in [5, 5.41) is 2.47. The lowest BCUT2D eigenvalue weighted by molar-refractivity contribution is -0.118. The number of para-hydroxylation sites is 1. The molecule has 0 aliphatic rings. The molecular weight excluding hydrogens is 392 g/mol. The Kier molecular flexibility index (Phi) is 5.23. The van der Waals surface area contributed by atoms with Crippen molar-refractivity contribution in [3.8, 4) is 11.3 Å². The predicted molar refractivity (Wildman–Crippen MR) is 112 cm³/mol. The first-order valence-corrected chi connectivity index (χ1v) is 10.4. The second kappa shape index (κ2) is 7.95. The molecule has 0 bridgehead atoms. The number of nitrogens with two attached hydrogens (primary N) is 1. The summed E-state index contributed by atoms with van der Waals surface area (Å²) in [6, 6.07) is 17.0. The molecule has 2 aromatic carbocycles. The minimum Gasteiger partial charge on any atom is -0.368 e. The first-order chi connectivity index (χ1) is 13.6. The number of hydrogen-bond donors (Lipinski definition) is 1. The van der Waals surface area contributed by atoms with Gasteiger partial charge in [0.2, 0.25) is 5.91 Å². The largest absolute Gasteiger partial charge is 0.368 e. The third-order valence-corrected chi connectivity index (χ3v) is 6.15. The summed E-state index contributed by atoms with van der Waals surface area (Å²) in [6.07, 6.45) is 0. The van der Waals surface area contributed by atoms with Gasteiger partial charge in [-0.2, -0.15) is 0 Å². The molecular formula is C20H16N4O2S2. The molecule has 140 valence electrons. The summed E-state index contributed by atoms with van der Waals surface area (Å²) in [7, 11) is 0. The number of thioether (sulfide) groups is 1. The van der Waals surface area contributed by atoms with E-state index >= 15 is 0 Å². The highest BCUT2D eigenvalue weighted by Crippen LogP contribution is 2.30. The number of thiazole rings is 1. The summed E-state index contributed by atoms with van der Waals surface area (Å²) in [5.74, 6) is 0.338. The summed E-state index contributed by atoms with van der Waals surface area (Å²) < 4.78 is 2.22. The van der Waals surface area contributed by atoms with Crippen LogP contribution in [0.25, 0.3) is 22.2 Å². The predicted octanol–water partition coefficient (Wildman–Crippen LogP) is 3.30. The average molecular weight is 409 g/mol. The molecule has 0 radical (unpaired) electrons. The van der Waals surface area contributed by atoms with Gasteiger partial charge in [-0.3, -0.25) is 14.2 Å². The number of aromatic nitrogens is 3. The van der Waals surface area contributed by atoms with Crippen LogP contribution in [0.1, 0.15) is 5.82 Å². The lowest BCUT2D eigenvalue weighted by Crippen LogP contribution is -2.31. The molecule has 0 saturated heterocycles. The van der Waals surface area contributed by atoms with Crippen LogP contribution in [0.5, 0.6) is 0 Å². The highest BCUT2D eigenvalue weighted by atomic mass is 32.2. The van der Waals surface area contributed by atoms with Crippen LogP contribution in [0.3, 0.4) is 0 Å². The van der Waals surface area contributed by atoms with E-state index in [1.54, 1.807) is 18.2 Å². The third kappa shape index (κ3) is 3.83. The molecule has 0 atom stereocenters. The maximum atomic E-state index is 12.8. The summed E-state index contributed by atoms with van der Waals surface area (Å²) in [5.41, 5.74) is 7.65. The van der Waals surface area contributed by atoms with Gasteiger partial charge in [0, 0.05) is 10.9 Å². The van der Waals surface area contributed by atoms with Crippen molar-refractivity contribution >= 4 is 39.9 Å². The SMILES string of the molecule is NC(=O)Cn1c(CSc2nc(-c3ccccc3)cs2)nc2ccccc2c1=O. The van der Waals surface area contributed by atoms with Gasteiger partial charge in [0.05, 0.1) is 22.3 Å². The fourth-order valence-electron chi connectivity index (χ4n) is 2.83. The number of primary amides is 1. The van der Waals surface area contributed by atoms with Gasteiger partial charge in [-0.1, -0.05) is 54.2 Å². The molecule has 1 amide bonds. The number of amides is 1. The maximum absolute atomic E-state index is 12.8. The van der Waals surface area contributed by atoms with Gasteiger partial charge in [-0.15, -0.1) is 11.3 Å². The average Bonchev–Trinajstić information content (AvgIpc) is 3.18. The zero-order valence-corrected chi connectivity index (χ0v) is 16.4. The lowest BCUT2D eigenvalue weighted by atomic mass is 10.2. The Bertz CT molecular complexity index is 1200. The van der Waals surface area contributed by atoms with Gasteiger partial charge in [-0.05, 0) is 12.1 Å². The smallest absolute Gasteiger partial charge is 0.261 e. The first kappa shape index (κ1) is 18.4. The van der Waals surface area contributed by atoms with Crippen LogP contribution in [0, 0.1) is 0 Å². The molecule has 4 aromatic rings. The third-order valence-electron chi connectivity index (χ3n) is 4.13. The molecule has 6 nitrogen and oxygen atoms in total. The quantitative estimate of drug-likeness (QED) is 0.494. The van der Waals surface area contributed by atoms with Crippen LogP contribution < -0.4 is 11.3 Å². The van der Waals surface area contributed by atoms with E-state index < -0.39 is 5.91 Å². The molecule has 0 aliphatic carbocycles. The summed E-state index contributed by atoms with van der Waals surface area (Å²) >= 11 is 3.02. The minimum atomic E-state index is -0.578. The van der Waals surface area contributed by atoms with E-state index in [1.165, 1.54) is 27.7 Å². The molecule has 2 heterocycles. The van der Waals surface area contributed by atoms with Crippen LogP contribution in [-0.4, -0.2) is 20.4 Å². The second-order valence-electron chi connectivity index (χ2n) is 6.06. The van der Waals surface area contributed by atoms with Gasteiger partial charge >= 0.3 is 0 Å². The monoisotopic (exact) mass is 408 g/mol. The highest BCUT2D eigenvalue weighted by Gasteiger charge is 2.14. The number of fused-ring (bicyclic) bond motifs is 1. The zero-order chi connectivity index (χ0) is 19.5. The van der Waals surface area contributed by atoms with Crippen molar-refractivity contribution in [2.24, 2.45) is 5.73 Å². The Morgan fingerprint density at radius 1 is 1.07 bits per heavy atom. The highest BCUT2D eigenvalue weighted by molar-refractivity contribution is 8.00. The summed E-state index contributed by atoms with van der Waals surface area (Å²) in [6.45, 7) is -0.195. The van der Waals surface area contributed by atoms with Gasteiger partial charge in [-0.25, -0.2) is 9.97 Å². The van der Waals surface area contributed by atoms with Crippen molar-refractivity contribution in [3.05, 3.63) is 76.2 Å². The van der Waals surface area contributed by atoms with Gasteiger partial charge in [0.15, 0.2) is 4.34 Å². The van der Waals surface area contributed by atoms with Crippen LogP contribution in [0.4, 0.5) is 0 Å². The standard InChI is InChI=1S/C20H16N4O2S2/c21-17(25)10-24-18(22-15-9-5-4-8-14(15)19(24)26)12-28-20-23-16(11-27-20)13-6-2-1-3-7-13/h1-9,11H,10,12H2,(H2,21,25). The minimum absolute atomic E-state index is 0.195. The van der Waals surface area contributed by atoms with E-state index in [0.29, 0.717) is 22.5 Å². The van der Waals surface area contributed by atoms with E-state index in [4.69, 9.17) is 5.73 Å². The number of carbonyl (C=O) groups excluding carboxylic acids is 1. The van der Waals surface area contributed by atoms with Crippen molar-refractivity contribution < 1.29 is 4.79 Å². The fraction of sp³-hybridized carbons (Fsp3) is 0.100. The molecule has 0 unspecified atom stereocenters. The lowest BCUT2D eigenvalue weighted by Gasteiger charge is -2.11. The van der Waals surface area contributed by atoms with Crippen molar-refractivity contribution in [1.29, 1.82) is 0 Å². The van der Waals surface area contributed by atoms with Gasteiger partial charge < -0.3 is 5.73 Å². The Hall–Kier alpha value is -2.97. The topological polar surface area (TPSA) is 90.9 Å². The first-order valence-electron chi connectivity index (χ1n) is 8.52. The number of nitrogens with zero attached hydrogens (tertiary/aromatic N) is 3. The van der Waals surface area contributed by atoms with Crippen molar-refractivity contribution in [2.75, 3.05) is 0 Å². The van der Waals surface area contributed by atoms with Crippen LogP contribution in [0.15, 0.2) is 69.1 Å². The molecule has 0 spiro atoms. The van der Waals surface area contributed by atoms with E-state index in [9.17, 15) is 9.59 Å². The van der Waals surface area contributed by atoms with Gasteiger partial charge in [0.1, 0.15) is 12.4 Å². The molecule has 0 fully saturated rings. The number of rotatable bonds is 6. The summed E-state index contributed by atoms with van der Waals surface area (Å²) in [4.78, 5) is 33.5. The molecule has 0 aliphatic heterocycles. The van der Waals surface area contributed by atoms with Crippen molar-refractivity contribution in [1.82, 2.24) is 14.5 Å². The normalized spacial score (nSPS) is 11.0. The molecule has 0 saturated carbocycles. The van der Waals surface area contributed by atoms with Crippen LogP contribution >= 0.6 is 23.1 Å². The van der Waals surface area contributed by atoms with E-state index in [2.05, 4.69) is 9.97 Å². The fourth-order valence-corrected chi connectivity index (χ4v) is 4.62. The van der Waals surface area contributed by atoms with Crippen LogP contribution in [0.2, 0.25) is 0 Å². The van der Waals surface area contributed by atoms with E-state index in [-0.39, 0.29) is 12.1 Å². The Morgan fingerprint density at radius 3 is 2.61 bits per heavy atom. The Labute approximate surface area is 169 Å². The molecule has 4 rings (SSSR count). The Balaban J connectivity index is 1.63. The Morgan fingerprint density at radius 2 is 1.82 bits per heavy atom. The van der Waals surface area contributed by atoms with Gasteiger partial charge in [0.25, 0.3) is 5.56 Å². The number of benzene rings is 2. The number of hydrogen-bond acceptors (Lipinski definition) is 6. The van der Waals surface area contributed by atoms with Crippen LogP contribution in [-0.2, 0) is 17.1 Å². The molecule has 2 N–H and O–H groups in total. The number of carbonyl (C=O) groups is 1. The second-order valence-corrected chi connectivity index (χ2v) is 8.14. The van der Waals surface area contributed by atoms with E-state index in [0.717, 1.165) is 15.6 Å². The maximum Gasteiger partial charge on any atom is 0.261 e. The van der Waals surface area contributed by atoms with Crippen molar-refractivity contribution in [2.45, 2.75) is 16.6 Å². The van der Waals surface area contributed by atoms with Crippen molar-refractivity contribution in [3.63, 3.8) is 0 Å². The van der Waals surface area contributed by atoms with E-state index in [1.807, 2.05) is 41.8 Å². The molecule has 8 heteroatoms. The zero-order valence-electron chi connectivity index (χ0n) is 14.7. The molecule has 2 aromatic heterocycles. The molecule has 28 heavy (non-hydrogen) atoms.